The summed E-state index contributed by atoms with van der Waals surface area (Å²) in [4.78, 5) is 34.8. The Bertz CT molecular complexity index is 1090. The number of rotatable bonds is 7. The normalized spacial score (nSPS) is 10.5. The van der Waals surface area contributed by atoms with E-state index in [0.29, 0.717) is 28.2 Å². The van der Waals surface area contributed by atoms with Crippen LogP contribution in [-0.2, 0) is 16.0 Å². The lowest BCUT2D eigenvalue weighted by Gasteiger charge is -2.09. The molecule has 3 rings (SSSR count). The fourth-order valence-electron chi connectivity index (χ4n) is 2.98. The van der Waals surface area contributed by atoms with E-state index in [1.165, 1.54) is 12.3 Å². The topological polar surface area (TPSA) is 116 Å². The molecule has 1 heterocycles. The number of para-hydroxylation sites is 1. The van der Waals surface area contributed by atoms with Crippen molar-refractivity contribution in [3.05, 3.63) is 81.7 Å². The molecule has 0 spiro atoms. The molecule has 0 fully saturated rings. The van der Waals surface area contributed by atoms with Crippen molar-refractivity contribution >= 4 is 23.3 Å². The Labute approximate surface area is 172 Å². The minimum absolute atomic E-state index is 0.0884. The summed E-state index contributed by atoms with van der Waals surface area (Å²) in [6.07, 6.45) is 1.34. The highest BCUT2D eigenvalue weighted by molar-refractivity contribution is 5.93. The lowest BCUT2D eigenvalue weighted by atomic mass is 10.1. The minimum Gasteiger partial charge on any atom is -0.462 e. The fraction of sp³-hybridized carbons (Fsp3) is 0.190. The summed E-state index contributed by atoms with van der Waals surface area (Å²) in [7, 11) is 0. The number of aromatic nitrogens is 2. The van der Waals surface area contributed by atoms with E-state index in [1.54, 1.807) is 61.0 Å². The Kier molecular flexibility index (Phi) is 6.21. The first-order valence-electron chi connectivity index (χ1n) is 9.25. The number of ether oxygens (including phenoxy) is 1. The number of anilines is 1. The van der Waals surface area contributed by atoms with Crippen LogP contribution in [0.15, 0.2) is 54.7 Å². The zero-order valence-electron chi connectivity index (χ0n) is 16.5. The monoisotopic (exact) mass is 408 g/mol. The molecular weight excluding hydrogens is 388 g/mol. The van der Waals surface area contributed by atoms with Crippen molar-refractivity contribution in [1.82, 2.24) is 9.78 Å². The highest BCUT2D eigenvalue weighted by Crippen LogP contribution is 2.20. The number of hydrogen-bond donors (Lipinski definition) is 1. The van der Waals surface area contributed by atoms with Gasteiger partial charge in [0.1, 0.15) is 5.56 Å². The molecule has 0 atom stereocenters. The molecular formula is C21H20N4O5. The number of nitro groups is 1. The largest absolute Gasteiger partial charge is 0.462 e. The molecule has 3 aromatic rings. The molecule has 0 aliphatic rings. The molecule has 154 valence electrons. The Morgan fingerprint density at radius 2 is 1.87 bits per heavy atom. The van der Waals surface area contributed by atoms with Crippen LogP contribution in [0.4, 0.5) is 11.4 Å². The van der Waals surface area contributed by atoms with Crippen molar-refractivity contribution in [2.45, 2.75) is 20.3 Å². The van der Waals surface area contributed by atoms with Gasteiger partial charge in [-0.3, -0.25) is 14.9 Å². The first-order chi connectivity index (χ1) is 14.4. The summed E-state index contributed by atoms with van der Waals surface area (Å²) in [5, 5.41) is 18.0. The van der Waals surface area contributed by atoms with Crippen molar-refractivity contribution in [1.29, 1.82) is 0 Å². The zero-order chi connectivity index (χ0) is 21.7. The van der Waals surface area contributed by atoms with Crippen LogP contribution in [0.3, 0.4) is 0 Å². The van der Waals surface area contributed by atoms with Gasteiger partial charge in [-0.1, -0.05) is 18.2 Å². The molecule has 2 aromatic carbocycles. The van der Waals surface area contributed by atoms with Gasteiger partial charge in [-0.15, -0.1) is 0 Å². The van der Waals surface area contributed by atoms with Gasteiger partial charge in [-0.05, 0) is 38.1 Å². The van der Waals surface area contributed by atoms with Crippen LogP contribution in [0.2, 0.25) is 0 Å². The van der Waals surface area contributed by atoms with Crippen LogP contribution in [0.5, 0.6) is 0 Å². The smallest absolute Gasteiger partial charge is 0.341 e. The highest BCUT2D eigenvalue weighted by atomic mass is 16.6. The van der Waals surface area contributed by atoms with Gasteiger partial charge in [-0.25, -0.2) is 9.48 Å². The molecule has 9 nitrogen and oxygen atoms in total. The number of nitro benzene ring substituents is 1. The number of esters is 1. The van der Waals surface area contributed by atoms with Crippen molar-refractivity contribution in [3.63, 3.8) is 0 Å². The number of nitrogens with one attached hydrogen (secondary N) is 1. The van der Waals surface area contributed by atoms with E-state index >= 15 is 0 Å². The summed E-state index contributed by atoms with van der Waals surface area (Å²) in [6, 6.07) is 13.0. The summed E-state index contributed by atoms with van der Waals surface area (Å²) in [5.41, 5.74) is 2.53. The van der Waals surface area contributed by atoms with Gasteiger partial charge in [-0.2, -0.15) is 5.10 Å². The minimum atomic E-state index is -0.506. The second-order valence-electron chi connectivity index (χ2n) is 6.43. The van der Waals surface area contributed by atoms with Crippen LogP contribution in [0, 0.1) is 17.0 Å². The van der Waals surface area contributed by atoms with Crippen molar-refractivity contribution in [2.75, 3.05) is 11.9 Å². The number of carbonyl (C=O) groups is 2. The first-order valence-corrected chi connectivity index (χ1v) is 9.25. The molecule has 0 unspecified atom stereocenters. The third kappa shape index (κ3) is 4.52. The predicted molar refractivity (Wildman–Crippen MR) is 110 cm³/mol. The Balaban J connectivity index is 1.70. The molecule has 0 bridgehead atoms. The van der Waals surface area contributed by atoms with Crippen molar-refractivity contribution in [2.24, 2.45) is 0 Å². The number of amides is 1. The Morgan fingerprint density at radius 3 is 2.53 bits per heavy atom. The number of nitrogens with zero attached hydrogens (tertiary/aromatic N) is 3. The average molecular weight is 408 g/mol. The number of hydrogen-bond acceptors (Lipinski definition) is 6. The first kappa shape index (κ1) is 20.7. The van der Waals surface area contributed by atoms with E-state index in [1.807, 2.05) is 0 Å². The van der Waals surface area contributed by atoms with Gasteiger partial charge in [0.25, 0.3) is 5.69 Å². The molecule has 9 heteroatoms. The van der Waals surface area contributed by atoms with E-state index in [2.05, 4.69) is 10.4 Å². The Morgan fingerprint density at radius 1 is 1.17 bits per heavy atom. The molecule has 0 aliphatic heterocycles. The van der Waals surface area contributed by atoms with Gasteiger partial charge in [0.05, 0.1) is 35.5 Å². The third-order valence-corrected chi connectivity index (χ3v) is 4.44. The summed E-state index contributed by atoms with van der Waals surface area (Å²) >= 11 is 0. The maximum absolute atomic E-state index is 12.3. The quantitative estimate of drug-likeness (QED) is 0.364. The van der Waals surface area contributed by atoms with Gasteiger partial charge < -0.3 is 10.1 Å². The van der Waals surface area contributed by atoms with Gasteiger partial charge >= 0.3 is 5.97 Å². The van der Waals surface area contributed by atoms with Crippen LogP contribution in [0.25, 0.3) is 5.69 Å². The second kappa shape index (κ2) is 8.99. The molecule has 30 heavy (non-hydrogen) atoms. The summed E-state index contributed by atoms with van der Waals surface area (Å²) < 4.78 is 6.61. The highest BCUT2D eigenvalue weighted by Gasteiger charge is 2.17. The summed E-state index contributed by atoms with van der Waals surface area (Å²) in [6.45, 7) is 3.78. The van der Waals surface area contributed by atoms with Crippen molar-refractivity contribution in [3.8, 4) is 5.69 Å². The number of carbonyl (C=O) groups excluding carboxylic acids is 2. The molecule has 0 aliphatic carbocycles. The maximum atomic E-state index is 12.3. The Hall–Kier alpha value is -4.01. The molecule has 1 N–H and O–H groups in total. The molecule has 1 amide bonds. The lowest BCUT2D eigenvalue weighted by molar-refractivity contribution is -0.385. The molecule has 1 aromatic heterocycles. The van der Waals surface area contributed by atoms with E-state index in [4.69, 9.17) is 4.74 Å². The third-order valence-electron chi connectivity index (χ3n) is 4.44. The number of benzene rings is 2. The van der Waals surface area contributed by atoms with Gasteiger partial charge in [0.2, 0.25) is 5.91 Å². The van der Waals surface area contributed by atoms with E-state index in [9.17, 15) is 19.7 Å². The van der Waals surface area contributed by atoms with Gasteiger partial charge in [0, 0.05) is 17.3 Å². The zero-order valence-corrected chi connectivity index (χ0v) is 16.5. The predicted octanol–water partition coefficient (Wildman–Crippen LogP) is 3.45. The van der Waals surface area contributed by atoms with Crippen LogP contribution in [0.1, 0.15) is 28.5 Å². The fourth-order valence-corrected chi connectivity index (χ4v) is 2.98. The lowest BCUT2D eigenvalue weighted by Crippen LogP contribution is -2.15. The van der Waals surface area contributed by atoms with Crippen molar-refractivity contribution < 1.29 is 19.2 Å². The second-order valence-corrected chi connectivity index (χ2v) is 6.43. The van der Waals surface area contributed by atoms with E-state index < -0.39 is 10.9 Å². The van der Waals surface area contributed by atoms with E-state index in [-0.39, 0.29) is 24.6 Å². The van der Waals surface area contributed by atoms with Crippen LogP contribution in [-0.4, -0.2) is 33.2 Å². The molecule has 0 saturated carbocycles. The molecule has 0 saturated heterocycles. The van der Waals surface area contributed by atoms with Gasteiger partial charge in [0.15, 0.2) is 0 Å². The van der Waals surface area contributed by atoms with E-state index in [0.717, 1.165) is 0 Å². The average Bonchev–Trinajstić information content (AvgIpc) is 3.10. The summed E-state index contributed by atoms with van der Waals surface area (Å²) in [5.74, 6) is -0.794. The molecule has 0 radical (unpaired) electrons. The SMILES string of the molecule is CCOC(=O)c1cnn(-c2ccc(NC(=O)Cc3ccccc3[N+](=O)[O-])cc2)c1C. The maximum Gasteiger partial charge on any atom is 0.341 e. The van der Waals surface area contributed by atoms with Crippen LogP contribution >= 0.6 is 0 Å². The van der Waals surface area contributed by atoms with Crippen LogP contribution < -0.4 is 5.32 Å². The standard InChI is InChI=1S/C21H20N4O5/c1-3-30-21(27)18-13-22-24(14(18)2)17-10-8-16(9-11-17)23-20(26)12-15-6-4-5-7-19(15)25(28)29/h4-11,13H,3,12H2,1-2H3,(H,23,26).